The van der Waals surface area contributed by atoms with Gasteiger partial charge in [0, 0.05) is 19.1 Å². The Morgan fingerprint density at radius 1 is 1.18 bits per heavy atom. The number of carboxylic acids is 1. The summed E-state index contributed by atoms with van der Waals surface area (Å²) >= 11 is 0. The van der Waals surface area contributed by atoms with Crippen molar-refractivity contribution in [3.8, 4) is 0 Å². The van der Waals surface area contributed by atoms with Gasteiger partial charge in [-0.05, 0) is 53.3 Å². The van der Waals surface area contributed by atoms with Crippen molar-refractivity contribution in [2.24, 2.45) is 5.92 Å². The first-order valence-electron chi connectivity index (χ1n) is 9.64. The lowest BCUT2D eigenvalue weighted by Crippen LogP contribution is -2.37. The van der Waals surface area contributed by atoms with E-state index in [9.17, 15) is 18.3 Å². The van der Waals surface area contributed by atoms with Crippen molar-refractivity contribution < 1.29 is 18.3 Å². The first-order valence-corrected chi connectivity index (χ1v) is 11.3. The molecule has 2 aromatic rings. The second-order valence-electron chi connectivity index (χ2n) is 7.68. The van der Waals surface area contributed by atoms with E-state index in [1.54, 1.807) is 31.2 Å². The maximum absolute atomic E-state index is 12.0. The maximum Gasteiger partial charge on any atom is 0.335 e. The lowest BCUT2D eigenvalue weighted by molar-refractivity contribution is 0.0696. The summed E-state index contributed by atoms with van der Waals surface area (Å²) in [5.74, 6) is -0.425. The molecule has 2 aromatic carbocycles. The molecule has 150 valence electrons. The van der Waals surface area contributed by atoms with Gasteiger partial charge < -0.3 is 5.11 Å². The minimum atomic E-state index is -3.18. The Morgan fingerprint density at radius 3 is 2.43 bits per heavy atom. The second-order valence-corrected chi connectivity index (χ2v) is 9.95. The summed E-state index contributed by atoms with van der Waals surface area (Å²) in [5, 5.41) is 9.25. The third-order valence-electron chi connectivity index (χ3n) is 5.45. The van der Waals surface area contributed by atoms with Gasteiger partial charge in [-0.2, -0.15) is 0 Å². The molecule has 0 unspecified atom stereocenters. The van der Waals surface area contributed by atoms with E-state index in [4.69, 9.17) is 0 Å². The third kappa shape index (κ3) is 4.13. The zero-order chi connectivity index (χ0) is 20.5. The first-order chi connectivity index (χ1) is 13.2. The highest BCUT2D eigenvalue weighted by Crippen LogP contribution is 2.36. The molecule has 0 spiro atoms. The van der Waals surface area contributed by atoms with Gasteiger partial charge in [-0.1, -0.05) is 39.0 Å². The molecular formula is C22H27NO4S. The molecule has 5 nitrogen and oxygen atoms in total. The predicted octanol–water partition coefficient (Wildman–Crippen LogP) is 3.93. The van der Waals surface area contributed by atoms with Crippen molar-refractivity contribution in [2.45, 2.75) is 44.7 Å². The maximum atomic E-state index is 12.0. The number of rotatable bonds is 6. The molecule has 0 aliphatic carbocycles. The monoisotopic (exact) mass is 401 g/mol. The summed E-state index contributed by atoms with van der Waals surface area (Å²) in [5.41, 5.74) is 3.71. The van der Waals surface area contributed by atoms with Gasteiger partial charge in [-0.15, -0.1) is 0 Å². The summed E-state index contributed by atoms with van der Waals surface area (Å²) in [6.07, 6.45) is 0.808. The molecule has 1 aliphatic heterocycles. The predicted molar refractivity (Wildman–Crippen MR) is 109 cm³/mol. The molecule has 0 amide bonds. The number of hydrogen-bond acceptors (Lipinski definition) is 4. The van der Waals surface area contributed by atoms with Gasteiger partial charge in [0.1, 0.15) is 0 Å². The van der Waals surface area contributed by atoms with E-state index in [2.05, 4.69) is 18.7 Å². The molecule has 0 saturated heterocycles. The van der Waals surface area contributed by atoms with Crippen molar-refractivity contribution in [3.05, 3.63) is 64.7 Å². The van der Waals surface area contributed by atoms with E-state index in [1.165, 1.54) is 5.56 Å². The SMILES string of the molecule is CCS(=O)(=O)c1ccc(CN2CCc3cc(C(=O)O)ccc3[C@@H]2C(C)C)cc1. The molecule has 0 fully saturated rings. The van der Waals surface area contributed by atoms with E-state index in [0.29, 0.717) is 16.4 Å². The fraction of sp³-hybridized carbons (Fsp3) is 0.409. The average Bonchev–Trinajstić information content (AvgIpc) is 2.67. The topological polar surface area (TPSA) is 74.7 Å². The fourth-order valence-corrected chi connectivity index (χ4v) is 4.89. The lowest BCUT2D eigenvalue weighted by Gasteiger charge is -2.40. The number of nitrogens with zero attached hydrogens (tertiary/aromatic N) is 1. The molecule has 6 heteroatoms. The van der Waals surface area contributed by atoms with Crippen molar-refractivity contribution >= 4 is 15.8 Å². The van der Waals surface area contributed by atoms with Crippen LogP contribution in [0.1, 0.15) is 53.9 Å². The largest absolute Gasteiger partial charge is 0.478 e. The van der Waals surface area contributed by atoms with Crippen LogP contribution in [0.2, 0.25) is 0 Å². The number of carbonyl (C=O) groups is 1. The van der Waals surface area contributed by atoms with Crippen LogP contribution >= 0.6 is 0 Å². The number of carboxylic acid groups (broad SMARTS) is 1. The van der Waals surface area contributed by atoms with E-state index in [-0.39, 0.29) is 11.8 Å². The highest BCUT2D eigenvalue weighted by atomic mass is 32.2. The van der Waals surface area contributed by atoms with Gasteiger partial charge in [0.15, 0.2) is 9.84 Å². The number of hydrogen-bond donors (Lipinski definition) is 1. The Labute approximate surface area is 166 Å². The molecule has 1 heterocycles. The van der Waals surface area contributed by atoms with Crippen molar-refractivity contribution in [1.29, 1.82) is 0 Å². The smallest absolute Gasteiger partial charge is 0.335 e. The highest BCUT2D eigenvalue weighted by Gasteiger charge is 2.30. The molecule has 1 aliphatic rings. The van der Waals surface area contributed by atoms with Crippen LogP contribution in [0.15, 0.2) is 47.4 Å². The molecule has 0 aromatic heterocycles. The van der Waals surface area contributed by atoms with E-state index in [0.717, 1.165) is 30.6 Å². The van der Waals surface area contributed by atoms with Crippen LogP contribution < -0.4 is 0 Å². The van der Waals surface area contributed by atoms with Crippen LogP contribution in [-0.2, 0) is 22.8 Å². The van der Waals surface area contributed by atoms with Crippen molar-refractivity contribution in [3.63, 3.8) is 0 Å². The van der Waals surface area contributed by atoms with Crippen LogP contribution in [0.25, 0.3) is 0 Å². The van der Waals surface area contributed by atoms with Crippen LogP contribution in [0, 0.1) is 5.92 Å². The van der Waals surface area contributed by atoms with Crippen LogP contribution in [-0.4, -0.2) is 36.7 Å². The summed E-state index contributed by atoms with van der Waals surface area (Å²) in [6, 6.07) is 12.8. The molecule has 0 bridgehead atoms. The van der Waals surface area contributed by atoms with Gasteiger partial charge >= 0.3 is 5.97 Å². The summed E-state index contributed by atoms with van der Waals surface area (Å²) in [4.78, 5) is 14.0. The molecule has 1 N–H and O–H groups in total. The minimum Gasteiger partial charge on any atom is -0.478 e. The van der Waals surface area contributed by atoms with Gasteiger partial charge in [0.2, 0.25) is 0 Å². The Bertz CT molecular complexity index is 965. The molecule has 1 atom stereocenters. The third-order valence-corrected chi connectivity index (χ3v) is 7.20. The average molecular weight is 402 g/mol. The number of fused-ring (bicyclic) bond motifs is 1. The van der Waals surface area contributed by atoms with Crippen LogP contribution in [0.4, 0.5) is 0 Å². The number of sulfone groups is 1. The number of aromatic carboxylic acids is 1. The molecule has 0 saturated carbocycles. The Balaban J connectivity index is 1.85. The molecule has 0 radical (unpaired) electrons. The molecular weight excluding hydrogens is 374 g/mol. The minimum absolute atomic E-state index is 0.100. The van der Waals surface area contributed by atoms with Gasteiger partial charge in [0.05, 0.1) is 16.2 Å². The highest BCUT2D eigenvalue weighted by molar-refractivity contribution is 7.91. The van der Waals surface area contributed by atoms with Gasteiger partial charge in [-0.25, -0.2) is 13.2 Å². The Hall–Kier alpha value is -2.18. The van der Waals surface area contributed by atoms with Crippen molar-refractivity contribution in [1.82, 2.24) is 4.90 Å². The van der Waals surface area contributed by atoms with E-state index in [1.807, 2.05) is 18.2 Å². The zero-order valence-electron chi connectivity index (χ0n) is 16.6. The van der Waals surface area contributed by atoms with E-state index >= 15 is 0 Å². The standard InChI is InChI=1S/C22H27NO4S/c1-4-28(26,27)19-8-5-16(6-9-19)14-23-12-11-17-13-18(22(24)25)7-10-20(17)21(23)15(2)3/h5-10,13,15,21H,4,11-12,14H2,1-3H3,(H,24,25)/t21-/m0/s1. The lowest BCUT2D eigenvalue weighted by atomic mass is 9.85. The summed E-state index contributed by atoms with van der Waals surface area (Å²) < 4.78 is 24.0. The fourth-order valence-electron chi connectivity index (χ4n) is 4.01. The number of benzene rings is 2. The quantitative estimate of drug-likeness (QED) is 0.794. The molecule has 28 heavy (non-hydrogen) atoms. The normalized spacial score (nSPS) is 17.5. The summed E-state index contributed by atoms with van der Waals surface area (Å²) in [7, 11) is -3.18. The molecule has 3 rings (SSSR count). The first kappa shape index (κ1) is 20.6. The Morgan fingerprint density at radius 2 is 1.86 bits per heavy atom. The van der Waals surface area contributed by atoms with Crippen LogP contribution in [0.5, 0.6) is 0 Å². The van der Waals surface area contributed by atoms with Crippen molar-refractivity contribution in [2.75, 3.05) is 12.3 Å². The Kier molecular flexibility index (Phi) is 5.91. The second kappa shape index (κ2) is 8.05. The van der Waals surface area contributed by atoms with Gasteiger partial charge in [-0.3, -0.25) is 4.90 Å². The van der Waals surface area contributed by atoms with Crippen LogP contribution in [0.3, 0.4) is 0 Å². The van der Waals surface area contributed by atoms with Gasteiger partial charge in [0.25, 0.3) is 0 Å². The van der Waals surface area contributed by atoms with E-state index < -0.39 is 15.8 Å². The summed E-state index contributed by atoms with van der Waals surface area (Å²) in [6.45, 7) is 7.57. The zero-order valence-corrected chi connectivity index (χ0v) is 17.4.